The Morgan fingerprint density at radius 2 is 1.75 bits per heavy atom. The predicted molar refractivity (Wildman–Crippen MR) is 119 cm³/mol. The quantitative estimate of drug-likeness (QED) is 0.165. The van der Waals surface area contributed by atoms with Gasteiger partial charge in [0.15, 0.2) is 0 Å². The lowest BCUT2D eigenvalue weighted by Crippen LogP contribution is -2.22. The first kappa shape index (κ1) is 24.4. The van der Waals surface area contributed by atoms with Gasteiger partial charge < -0.3 is 25.3 Å². The third-order valence-electron chi connectivity index (χ3n) is 4.45. The van der Waals surface area contributed by atoms with Gasteiger partial charge in [-0.25, -0.2) is 4.79 Å². The van der Waals surface area contributed by atoms with Crippen LogP contribution in [0.1, 0.15) is 41.1 Å². The van der Waals surface area contributed by atoms with E-state index in [0.29, 0.717) is 17.1 Å². The number of fused-ring (bicyclic) bond motifs is 1. The highest BCUT2D eigenvalue weighted by atomic mass is 35.5. The summed E-state index contributed by atoms with van der Waals surface area (Å²) in [6.45, 7) is 0.0770. The van der Waals surface area contributed by atoms with Gasteiger partial charge in [-0.1, -0.05) is 18.2 Å². The molecule has 0 fully saturated rings. The summed E-state index contributed by atoms with van der Waals surface area (Å²) in [6.07, 6.45) is 0.271. The highest BCUT2D eigenvalue weighted by Crippen LogP contribution is 2.23. The van der Waals surface area contributed by atoms with Crippen LogP contribution in [0.25, 0.3) is 10.8 Å². The largest absolute Gasteiger partial charge is 0.481 e. The number of nitrogens with one attached hydrogen (secondary N) is 2. The van der Waals surface area contributed by atoms with Crippen LogP contribution in [0.15, 0.2) is 52.9 Å². The highest BCUT2D eigenvalue weighted by molar-refractivity contribution is 5.99. The van der Waals surface area contributed by atoms with Gasteiger partial charge in [-0.05, 0) is 47.5 Å². The Kier molecular flexibility index (Phi) is 8.37. The lowest BCUT2D eigenvalue weighted by molar-refractivity contribution is -0.137. The van der Waals surface area contributed by atoms with E-state index in [0.717, 1.165) is 10.8 Å². The second-order valence-corrected chi connectivity index (χ2v) is 6.82. The number of carbonyl (C=O) groups is 3. The van der Waals surface area contributed by atoms with E-state index in [9.17, 15) is 14.4 Å². The number of halogens is 1. The number of esters is 1. The monoisotopic (exact) mass is 459 g/mol. The topological polar surface area (TPSA) is 156 Å². The number of carboxylic acid groups (broad SMARTS) is 1. The summed E-state index contributed by atoms with van der Waals surface area (Å²) in [5.41, 5.74) is 6.10. The standard InChI is InChI=1S/C22H21N3O6.ClH/c23-21(24)15-5-4-14-11-16(7-6-13(14)10-15)31-22(29)18-9-8-17(30-18)12-25-19(26)2-1-3-20(27)28;/h4-11H,1-3,12H2,(H3,23,24)(H,25,26)(H,27,28);1H. The number of amides is 1. The van der Waals surface area contributed by atoms with Gasteiger partial charge in [0.2, 0.25) is 11.7 Å². The third-order valence-corrected chi connectivity index (χ3v) is 4.45. The van der Waals surface area contributed by atoms with Crippen LogP contribution in [0.3, 0.4) is 0 Å². The molecule has 0 spiro atoms. The van der Waals surface area contributed by atoms with Crippen LogP contribution in [0.5, 0.6) is 5.75 Å². The Bertz CT molecular complexity index is 1160. The molecule has 0 saturated carbocycles. The molecule has 3 rings (SSSR count). The molecule has 5 N–H and O–H groups in total. The van der Waals surface area contributed by atoms with Crippen LogP contribution in [-0.2, 0) is 16.1 Å². The van der Waals surface area contributed by atoms with Crippen LogP contribution >= 0.6 is 12.4 Å². The second-order valence-electron chi connectivity index (χ2n) is 6.82. The molecule has 0 aliphatic carbocycles. The van der Waals surface area contributed by atoms with Gasteiger partial charge in [-0.2, -0.15) is 0 Å². The van der Waals surface area contributed by atoms with E-state index in [1.807, 2.05) is 0 Å². The van der Waals surface area contributed by atoms with E-state index in [1.165, 1.54) is 6.07 Å². The second kappa shape index (κ2) is 11.0. The summed E-state index contributed by atoms with van der Waals surface area (Å²) < 4.78 is 10.8. The molecule has 0 saturated heterocycles. The molecule has 32 heavy (non-hydrogen) atoms. The Labute approximate surface area is 189 Å². The summed E-state index contributed by atoms with van der Waals surface area (Å²) in [5, 5.41) is 20.3. The van der Waals surface area contributed by atoms with E-state index in [-0.39, 0.29) is 55.7 Å². The smallest absolute Gasteiger partial charge is 0.379 e. The highest BCUT2D eigenvalue weighted by Gasteiger charge is 2.15. The van der Waals surface area contributed by atoms with Crippen molar-refractivity contribution in [1.29, 1.82) is 5.41 Å². The molecule has 9 nitrogen and oxygen atoms in total. The number of ether oxygens (including phenoxy) is 1. The molecular weight excluding hydrogens is 438 g/mol. The van der Waals surface area contributed by atoms with Gasteiger partial charge in [-0.3, -0.25) is 15.0 Å². The molecule has 168 valence electrons. The number of amidine groups is 1. The normalized spacial score (nSPS) is 10.2. The minimum absolute atomic E-state index is 0. The van der Waals surface area contributed by atoms with Crippen molar-refractivity contribution in [2.45, 2.75) is 25.8 Å². The van der Waals surface area contributed by atoms with E-state index in [1.54, 1.807) is 42.5 Å². The van der Waals surface area contributed by atoms with E-state index >= 15 is 0 Å². The average Bonchev–Trinajstić information content (AvgIpc) is 3.21. The van der Waals surface area contributed by atoms with Gasteiger partial charge in [-0.15, -0.1) is 12.4 Å². The Morgan fingerprint density at radius 3 is 2.47 bits per heavy atom. The van der Waals surface area contributed by atoms with Crippen LogP contribution in [0.4, 0.5) is 0 Å². The summed E-state index contributed by atoms with van der Waals surface area (Å²) in [7, 11) is 0. The lowest BCUT2D eigenvalue weighted by atomic mass is 10.1. The summed E-state index contributed by atoms with van der Waals surface area (Å²) in [6, 6.07) is 13.4. The summed E-state index contributed by atoms with van der Waals surface area (Å²) in [5.74, 6) is -1.27. The number of rotatable bonds is 9. The van der Waals surface area contributed by atoms with Gasteiger partial charge in [0, 0.05) is 18.4 Å². The van der Waals surface area contributed by atoms with Crippen LogP contribution in [0.2, 0.25) is 0 Å². The predicted octanol–water partition coefficient (Wildman–Crippen LogP) is 3.23. The van der Waals surface area contributed by atoms with Crippen molar-refractivity contribution in [1.82, 2.24) is 5.32 Å². The average molecular weight is 460 g/mol. The van der Waals surface area contributed by atoms with Crippen LogP contribution in [0, 0.1) is 5.41 Å². The maximum Gasteiger partial charge on any atom is 0.379 e. The number of carboxylic acids is 1. The molecule has 1 aromatic heterocycles. The fourth-order valence-corrected chi connectivity index (χ4v) is 2.87. The first-order chi connectivity index (χ1) is 14.8. The van der Waals surface area contributed by atoms with Crippen molar-refractivity contribution in [3.8, 4) is 5.75 Å². The maximum absolute atomic E-state index is 12.3. The zero-order chi connectivity index (χ0) is 22.4. The number of benzene rings is 2. The Morgan fingerprint density at radius 1 is 1.03 bits per heavy atom. The first-order valence-corrected chi connectivity index (χ1v) is 9.49. The van der Waals surface area contributed by atoms with Crippen molar-refractivity contribution in [2.75, 3.05) is 0 Å². The summed E-state index contributed by atoms with van der Waals surface area (Å²) in [4.78, 5) is 34.5. The fourth-order valence-electron chi connectivity index (χ4n) is 2.87. The van der Waals surface area contributed by atoms with Crippen LogP contribution in [-0.4, -0.2) is 28.8 Å². The number of hydrogen-bond donors (Lipinski definition) is 4. The van der Waals surface area contributed by atoms with Crippen molar-refractivity contribution < 1.29 is 28.6 Å². The molecule has 0 bridgehead atoms. The number of furan rings is 1. The third kappa shape index (κ3) is 6.58. The number of aliphatic carboxylic acids is 1. The van der Waals surface area contributed by atoms with E-state index < -0.39 is 11.9 Å². The molecule has 0 atom stereocenters. The maximum atomic E-state index is 12.3. The van der Waals surface area contributed by atoms with Crippen LogP contribution < -0.4 is 15.8 Å². The number of nitrogens with two attached hydrogens (primary N) is 1. The van der Waals surface area contributed by atoms with Crippen molar-refractivity contribution in [2.24, 2.45) is 5.73 Å². The number of hydrogen-bond acceptors (Lipinski definition) is 6. The molecule has 0 unspecified atom stereocenters. The number of nitrogen functional groups attached to an aromatic ring is 1. The molecule has 1 heterocycles. The van der Waals surface area contributed by atoms with E-state index in [4.69, 9.17) is 25.4 Å². The molecule has 10 heteroatoms. The minimum atomic E-state index is -0.950. The molecule has 0 radical (unpaired) electrons. The zero-order valence-corrected chi connectivity index (χ0v) is 17.7. The van der Waals surface area contributed by atoms with Gasteiger partial charge in [0.1, 0.15) is 17.3 Å². The van der Waals surface area contributed by atoms with Crippen molar-refractivity contribution in [3.05, 3.63) is 65.6 Å². The molecular formula is C22H22ClN3O6. The fraction of sp³-hybridized carbons (Fsp3) is 0.182. The van der Waals surface area contributed by atoms with Gasteiger partial charge in [0.05, 0.1) is 6.54 Å². The Hall–Kier alpha value is -3.85. The minimum Gasteiger partial charge on any atom is -0.481 e. The molecule has 2 aromatic carbocycles. The molecule has 1 amide bonds. The van der Waals surface area contributed by atoms with Gasteiger partial charge in [0.25, 0.3) is 0 Å². The zero-order valence-electron chi connectivity index (χ0n) is 16.9. The van der Waals surface area contributed by atoms with Gasteiger partial charge >= 0.3 is 11.9 Å². The van der Waals surface area contributed by atoms with Crippen molar-refractivity contribution >= 4 is 46.9 Å². The molecule has 3 aromatic rings. The van der Waals surface area contributed by atoms with Crippen molar-refractivity contribution in [3.63, 3.8) is 0 Å². The molecule has 0 aliphatic rings. The molecule has 0 aliphatic heterocycles. The van der Waals surface area contributed by atoms with E-state index in [2.05, 4.69) is 5.32 Å². The summed E-state index contributed by atoms with van der Waals surface area (Å²) >= 11 is 0. The first-order valence-electron chi connectivity index (χ1n) is 9.49. The SMILES string of the molecule is Cl.N=C(N)c1ccc2cc(OC(=O)c3ccc(CNC(=O)CCCC(=O)O)o3)ccc2c1. The Balaban J connectivity index is 0.00000363. The number of carbonyl (C=O) groups excluding carboxylic acids is 2. The lowest BCUT2D eigenvalue weighted by Gasteiger charge is -2.06.